The Morgan fingerprint density at radius 2 is 2.00 bits per heavy atom. The molecule has 0 aliphatic carbocycles. The largest absolute Gasteiger partial charge is 0.364 e. The number of non-ortho nitro benzene ring substituents is 1. The number of amides is 1. The number of hydrogen-bond acceptors (Lipinski definition) is 5. The molecule has 0 saturated heterocycles. The number of carbonyl (C=O) groups excluding carboxylic acids is 1. The van der Waals surface area contributed by atoms with Gasteiger partial charge in [-0.15, -0.1) is 0 Å². The molecule has 0 radical (unpaired) electrons. The molecule has 0 fully saturated rings. The number of nitro benzene ring substituents is 1. The molecule has 9 heteroatoms. The number of nitro groups is 1. The summed E-state index contributed by atoms with van der Waals surface area (Å²) in [5, 5.41) is 11.8. The zero-order valence-corrected chi connectivity index (χ0v) is 15.5. The van der Waals surface area contributed by atoms with Gasteiger partial charge in [0.25, 0.3) is 11.6 Å². The first-order chi connectivity index (χ1) is 13.4. The highest BCUT2D eigenvalue weighted by molar-refractivity contribution is 6.35. The highest BCUT2D eigenvalue weighted by atomic mass is 35.5. The minimum atomic E-state index is -0.656. The van der Waals surface area contributed by atoms with Crippen LogP contribution in [0.15, 0.2) is 47.5 Å². The predicted octanol–water partition coefficient (Wildman–Crippen LogP) is 3.19. The van der Waals surface area contributed by atoms with Crippen molar-refractivity contribution in [2.75, 3.05) is 0 Å². The first-order valence-electron chi connectivity index (χ1n) is 8.35. The van der Waals surface area contributed by atoms with Crippen LogP contribution in [0, 0.1) is 17.0 Å². The van der Waals surface area contributed by atoms with Crippen molar-refractivity contribution in [2.24, 2.45) is 10.7 Å². The molecule has 0 atom stereocenters. The summed E-state index contributed by atoms with van der Waals surface area (Å²) in [6.45, 7) is 1.86. The lowest BCUT2D eigenvalue weighted by molar-refractivity contribution is -0.384. The van der Waals surface area contributed by atoms with E-state index in [0.29, 0.717) is 39.1 Å². The van der Waals surface area contributed by atoms with Gasteiger partial charge in [-0.25, -0.2) is 4.98 Å². The number of carbonyl (C=O) groups is 1. The van der Waals surface area contributed by atoms with Crippen molar-refractivity contribution in [3.63, 3.8) is 0 Å². The molecule has 3 aromatic rings. The number of nitrogens with zero attached hydrogens (tertiary/aromatic N) is 4. The van der Waals surface area contributed by atoms with Gasteiger partial charge in [-0.2, -0.15) is 0 Å². The van der Waals surface area contributed by atoms with E-state index in [1.54, 1.807) is 35.8 Å². The van der Waals surface area contributed by atoms with Crippen molar-refractivity contribution in [3.8, 4) is 5.69 Å². The zero-order valence-electron chi connectivity index (χ0n) is 14.7. The minimum Gasteiger partial charge on any atom is -0.364 e. The molecule has 0 spiro atoms. The van der Waals surface area contributed by atoms with Crippen molar-refractivity contribution in [2.45, 2.75) is 13.5 Å². The summed E-state index contributed by atoms with van der Waals surface area (Å²) in [6.07, 6.45) is 0. The highest BCUT2D eigenvalue weighted by Crippen LogP contribution is 2.32. The summed E-state index contributed by atoms with van der Waals surface area (Å²) in [7, 11) is 0. The van der Waals surface area contributed by atoms with Gasteiger partial charge in [0.15, 0.2) is 5.69 Å². The SMILES string of the molecule is Cc1nc(C(N)=O)c2n1-c1ccc([N+](=O)[O-])cc1C(c1ccccc1Cl)=NC2. The van der Waals surface area contributed by atoms with Gasteiger partial charge in [-0.3, -0.25) is 24.5 Å². The lowest BCUT2D eigenvalue weighted by atomic mass is 9.99. The van der Waals surface area contributed by atoms with Crippen LogP contribution >= 0.6 is 11.6 Å². The fourth-order valence-corrected chi connectivity index (χ4v) is 3.61. The van der Waals surface area contributed by atoms with Gasteiger partial charge >= 0.3 is 0 Å². The van der Waals surface area contributed by atoms with E-state index >= 15 is 0 Å². The molecule has 0 saturated carbocycles. The zero-order chi connectivity index (χ0) is 20.0. The maximum Gasteiger partial charge on any atom is 0.270 e. The number of aryl methyl sites for hydroxylation is 1. The van der Waals surface area contributed by atoms with Gasteiger partial charge in [-0.1, -0.05) is 29.8 Å². The Hall–Kier alpha value is -3.52. The van der Waals surface area contributed by atoms with E-state index in [9.17, 15) is 14.9 Å². The van der Waals surface area contributed by atoms with E-state index < -0.39 is 10.8 Å². The second kappa shape index (κ2) is 6.58. The van der Waals surface area contributed by atoms with Crippen LogP contribution in [0.2, 0.25) is 5.02 Å². The van der Waals surface area contributed by atoms with E-state index in [2.05, 4.69) is 9.98 Å². The number of rotatable bonds is 3. The molecule has 28 heavy (non-hydrogen) atoms. The molecule has 2 heterocycles. The summed E-state index contributed by atoms with van der Waals surface area (Å²) in [5.74, 6) is -0.119. The third-order valence-electron chi connectivity index (χ3n) is 4.58. The van der Waals surface area contributed by atoms with E-state index in [4.69, 9.17) is 17.3 Å². The molecule has 1 aliphatic rings. The summed E-state index contributed by atoms with van der Waals surface area (Å²) >= 11 is 6.37. The van der Waals surface area contributed by atoms with Crippen molar-refractivity contribution >= 4 is 28.9 Å². The van der Waals surface area contributed by atoms with Crippen molar-refractivity contribution in [3.05, 3.63) is 85.9 Å². The number of fused-ring (bicyclic) bond motifs is 3. The van der Waals surface area contributed by atoms with Crippen LogP contribution < -0.4 is 5.73 Å². The molecular weight excluding hydrogens is 382 g/mol. The topological polar surface area (TPSA) is 116 Å². The Kier molecular flexibility index (Phi) is 4.20. The molecule has 1 amide bonds. The minimum absolute atomic E-state index is 0.0742. The Bertz CT molecular complexity index is 1180. The fourth-order valence-electron chi connectivity index (χ4n) is 3.39. The van der Waals surface area contributed by atoms with Crippen molar-refractivity contribution in [1.82, 2.24) is 9.55 Å². The molecule has 0 bridgehead atoms. The standard InChI is InChI=1S/C19H14ClN5O3/c1-10-23-18(19(21)26)16-9-22-17(12-4-2-3-5-14(12)20)13-8-11(25(27)28)6-7-15(13)24(10)16/h2-8H,9H2,1H3,(H2,21,26). The fraction of sp³-hybridized carbons (Fsp3) is 0.105. The van der Waals surface area contributed by atoms with Crippen LogP contribution in [0.5, 0.6) is 0 Å². The van der Waals surface area contributed by atoms with Gasteiger partial charge in [0.05, 0.1) is 28.6 Å². The quantitative estimate of drug-likeness (QED) is 0.541. The maximum atomic E-state index is 11.8. The Labute approximate surface area is 164 Å². The second-order valence-corrected chi connectivity index (χ2v) is 6.66. The number of aliphatic imine (C=N–C) groups is 1. The number of nitrogens with two attached hydrogens (primary N) is 1. The second-order valence-electron chi connectivity index (χ2n) is 6.26. The number of halogens is 1. The molecule has 8 nitrogen and oxygen atoms in total. The molecule has 4 rings (SSSR count). The Balaban J connectivity index is 2.06. The molecule has 0 unspecified atom stereocenters. The van der Waals surface area contributed by atoms with E-state index in [1.165, 1.54) is 12.1 Å². The van der Waals surface area contributed by atoms with Gasteiger partial charge in [-0.05, 0) is 19.1 Å². The monoisotopic (exact) mass is 395 g/mol. The van der Waals surface area contributed by atoms with Crippen LogP contribution in [0.1, 0.15) is 33.1 Å². The summed E-state index contributed by atoms with van der Waals surface area (Å²) in [6, 6.07) is 11.6. The predicted molar refractivity (Wildman–Crippen MR) is 104 cm³/mol. The van der Waals surface area contributed by atoms with Crippen LogP contribution in [-0.2, 0) is 6.54 Å². The normalized spacial score (nSPS) is 12.6. The van der Waals surface area contributed by atoms with Gasteiger partial charge in [0, 0.05) is 28.3 Å². The maximum absolute atomic E-state index is 11.8. The molecule has 2 N–H and O–H groups in total. The van der Waals surface area contributed by atoms with Crippen LogP contribution in [0.4, 0.5) is 5.69 Å². The molecule has 1 aliphatic heterocycles. The van der Waals surface area contributed by atoms with Crippen LogP contribution in [-0.4, -0.2) is 26.1 Å². The van der Waals surface area contributed by atoms with Crippen LogP contribution in [0.3, 0.4) is 0 Å². The van der Waals surface area contributed by atoms with Gasteiger partial charge < -0.3 is 5.73 Å². The first kappa shape index (κ1) is 17.9. The number of hydrogen-bond donors (Lipinski definition) is 1. The first-order valence-corrected chi connectivity index (χ1v) is 8.73. The smallest absolute Gasteiger partial charge is 0.270 e. The third kappa shape index (κ3) is 2.74. The van der Waals surface area contributed by atoms with E-state index in [0.717, 1.165) is 0 Å². The Morgan fingerprint density at radius 1 is 1.25 bits per heavy atom. The van der Waals surface area contributed by atoms with Gasteiger partial charge in [0.2, 0.25) is 0 Å². The molecule has 2 aromatic carbocycles. The summed E-state index contributed by atoms with van der Waals surface area (Å²) in [4.78, 5) is 31.6. The third-order valence-corrected chi connectivity index (χ3v) is 4.91. The highest BCUT2D eigenvalue weighted by Gasteiger charge is 2.27. The Morgan fingerprint density at radius 3 is 2.68 bits per heavy atom. The van der Waals surface area contributed by atoms with E-state index in [-0.39, 0.29) is 17.9 Å². The number of benzene rings is 2. The van der Waals surface area contributed by atoms with E-state index in [1.807, 2.05) is 6.07 Å². The van der Waals surface area contributed by atoms with Gasteiger partial charge in [0.1, 0.15) is 5.82 Å². The number of imidazole rings is 1. The number of primary amides is 1. The van der Waals surface area contributed by atoms with Crippen molar-refractivity contribution in [1.29, 1.82) is 0 Å². The lowest BCUT2D eigenvalue weighted by Gasteiger charge is -2.13. The summed E-state index contributed by atoms with van der Waals surface area (Å²) < 4.78 is 1.76. The molecule has 140 valence electrons. The average molecular weight is 396 g/mol. The van der Waals surface area contributed by atoms with Crippen LogP contribution in [0.25, 0.3) is 5.69 Å². The average Bonchev–Trinajstić information content (AvgIpc) is 2.89. The summed E-state index contributed by atoms with van der Waals surface area (Å²) in [5.41, 5.74) is 8.36. The number of aromatic nitrogens is 2. The van der Waals surface area contributed by atoms with Crippen molar-refractivity contribution < 1.29 is 9.72 Å². The molecule has 1 aromatic heterocycles. The molecular formula is C19H14ClN5O3. The lowest BCUT2D eigenvalue weighted by Crippen LogP contribution is -2.14.